The van der Waals surface area contributed by atoms with Gasteiger partial charge in [-0.25, -0.2) is 0 Å². The number of nitrogens with zero attached hydrogens (tertiary/aromatic N) is 2. The molecule has 1 atom stereocenters. The number of anilines is 3. The van der Waals surface area contributed by atoms with Gasteiger partial charge in [-0.05, 0) is 132 Å². The number of fused-ring (bicyclic) bond motifs is 9. The zero-order valence-corrected chi connectivity index (χ0v) is 42.3. The Bertz CT molecular complexity index is 4550. The molecule has 0 spiro atoms. The molecule has 2 nitrogen and oxygen atoms in total. The van der Waals surface area contributed by atoms with Gasteiger partial charge in [-0.2, -0.15) is 0 Å². The van der Waals surface area contributed by atoms with Crippen molar-refractivity contribution in [2.75, 3.05) is 4.90 Å². The third kappa shape index (κ3) is 7.48. The number of hydrogen-bond donors (Lipinski definition) is 0. The summed E-state index contributed by atoms with van der Waals surface area (Å²) in [6.45, 7) is 0. The van der Waals surface area contributed by atoms with Crippen molar-refractivity contribution in [3.8, 4) is 61.3 Å². The Labute approximate surface area is 448 Å². The molecule has 14 aromatic rings. The van der Waals surface area contributed by atoms with Gasteiger partial charge in [0.15, 0.2) is 0 Å². The molecule has 2 heteroatoms. The van der Waals surface area contributed by atoms with Crippen LogP contribution in [0.5, 0.6) is 0 Å². The van der Waals surface area contributed by atoms with Gasteiger partial charge in [0.2, 0.25) is 0 Å². The third-order valence-electron chi connectivity index (χ3n) is 16.0. The predicted octanol–water partition coefficient (Wildman–Crippen LogP) is 20.4. The Hall–Kier alpha value is -10.0. The quantitative estimate of drug-likeness (QED) is 0.140. The summed E-state index contributed by atoms with van der Waals surface area (Å²) < 4.78 is 2.50. The van der Waals surface area contributed by atoms with Gasteiger partial charge >= 0.3 is 0 Å². The van der Waals surface area contributed by atoms with Crippen LogP contribution in [0.4, 0.5) is 17.1 Å². The van der Waals surface area contributed by atoms with E-state index < -0.39 is 0 Å². The van der Waals surface area contributed by atoms with E-state index in [2.05, 4.69) is 307 Å². The lowest BCUT2D eigenvalue weighted by molar-refractivity contribution is 1.02. The molecule has 0 bridgehead atoms. The molecule has 360 valence electrons. The smallest absolute Gasteiger partial charge is 0.0623 e. The van der Waals surface area contributed by atoms with E-state index in [0.717, 1.165) is 33.9 Å². The topological polar surface area (TPSA) is 8.17 Å². The highest BCUT2D eigenvalue weighted by molar-refractivity contribution is 6.18. The van der Waals surface area contributed by atoms with Crippen molar-refractivity contribution >= 4 is 60.4 Å². The van der Waals surface area contributed by atoms with Gasteiger partial charge in [-0.3, -0.25) is 0 Å². The van der Waals surface area contributed by atoms with E-state index in [1.807, 2.05) is 0 Å². The average molecular weight is 979 g/mol. The molecule has 1 aliphatic carbocycles. The van der Waals surface area contributed by atoms with Crippen LogP contribution in [0.2, 0.25) is 0 Å². The fourth-order valence-electron chi connectivity index (χ4n) is 12.5. The molecule has 0 fully saturated rings. The molecule has 0 N–H and O–H groups in total. The van der Waals surface area contributed by atoms with Gasteiger partial charge in [-0.1, -0.05) is 243 Å². The van der Waals surface area contributed by atoms with Crippen LogP contribution in [0.25, 0.3) is 105 Å². The van der Waals surface area contributed by atoms with E-state index in [0.29, 0.717) is 0 Å². The van der Waals surface area contributed by atoms with Crippen molar-refractivity contribution in [1.29, 1.82) is 0 Å². The van der Waals surface area contributed by atoms with Crippen LogP contribution in [0.15, 0.2) is 297 Å². The van der Waals surface area contributed by atoms with Gasteiger partial charge in [0, 0.05) is 44.8 Å². The zero-order chi connectivity index (χ0) is 50.8. The highest BCUT2D eigenvalue weighted by atomic mass is 15.1. The fraction of sp³-hybridized carbons (Fsp3) is 0.0133. The zero-order valence-electron chi connectivity index (χ0n) is 42.3. The maximum Gasteiger partial charge on any atom is 0.0623 e. The van der Waals surface area contributed by atoms with Gasteiger partial charge in [-0.15, -0.1) is 0 Å². The Morgan fingerprint density at radius 2 is 0.818 bits per heavy atom. The highest BCUT2D eigenvalue weighted by Crippen LogP contribution is 2.56. The first-order valence-corrected chi connectivity index (χ1v) is 26.7. The van der Waals surface area contributed by atoms with Crippen molar-refractivity contribution in [1.82, 2.24) is 4.57 Å². The van der Waals surface area contributed by atoms with Crippen LogP contribution in [0, 0.1) is 0 Å². The summed E-state index contributed by atoms with van der Waals surface area (Å²) in [6.07, 6.45) is 0. The monoisotopic (exact) mass is 978 g/mol. The molecule has 0 saturated heterocycles. The van der Waals surface area contributed by atoms with E-state index in [4.69, 9.17) is 0 Å². The second-order valence-electron chi connectivity index (χ2n) is 20.3. The standard InChI is InChI=1S/C75H50N2/c1-3-19-50(20-4-1)53-35-42-56(43-36-53)72-65-30-11-12-31-66(65)74-73(72)67(49-68-64-29-15-18-34-71(64)77(75(68)74)60-25-5-2-6-26-60)55-40-38-54(39-41-55)62-27-13-16-32-69(62)76(61-46-45-52-22-8-10-24-58(52)48-61)70-33-17-14-28-63(70)59-44-37-51-21-7-9-23-57(51)47-59/h1-49,72H. The van der Waals surface area contributed by atoms with Crippen LogP contribution >= 0.6 is 0 Å². The van der Waals surface area contributed by atoms with Gasteiger partial charge < -0.3 is 9.47 Å². The normalized spacial score (nSPS) is 12.8. The minimum absolute atomic E-state index is 0.00578. The van der Waals surface area contributed by atoms with E-state index in [9.17, 15) is 0 Å². The molecule has 0 saturated carbocycles. The first kappa shape index (κ1) is 44.5. The van der Waals surface area contributed by atoms with Crippen molar-refractivity contribution in [3.05, 3.63) is 314 Å². The Morgan fingerprint density at radius 1 is 0.312 bits per heavy atom. The summed E-state index contributed by atoms with van der Waals surface area (Å²) in [5.74, 6) is 0.00578. The Kier molecular flexibility index (Phi) is 10.6. The van der Waals surface area contributed by atoms with Gasteiger partial charge in [0.1, 0.15) is 0 Å². The van der Waals surface area contributed by atoms with Crippen molar-refractivity contribution < 1.29 is 0 Å². The lowest BCUT2D eigenvalue weighted by Crippen LogP contribution is -2.12. The summed E-state index contributed by atoms with van der Waals surface area (Å²) in [7, 11) is 0. The van der Waals surface area contributed by atoms with Crippen molar-refractivity contribution in [2.24, 2.45) is 0 Å². The molecular formula is C75H50N2. The highest BCUT2D eigenvalue weighted by Gasteiger charge is 2.36. The molecule has 1 aliphatic rings. The molecule has 0 radical (unpaired) electrons. The fourth-order valence-corrected chi connectivity index (χ4v) is 12.5. The minimum atomic E-state index is 0.00578. The number of para-hydroxylation sites is 4. The van der Waals surface area contributed by atoms with Crippen LogP contribution in [-0.2, 0) is 0 Å². The number of aromatic nitrogens is 1. The van der Waals surface area contributed by atoms with Crippen LogP contribution in [-0.4, -0.2) is 4.57 Å². The maximum absolute atomic E-state index is 2.50. The maximum atomic E-state index is 2.50. The lowest BCUT2D eigenvalue weighted by Gasteiger charge is -2.30. The van der Waals surface area contributed by atoms with E-state index in [1.54, 1.807) is 0 Å². The summed E-state index contributed by atoms with van der Waals surface area (Å²) in [5, 5.41) is 7.36. The van der Waals surface area contributed by atoms with Gasteiger partial charge in [0.25, 0.3) is 0 Å². The van der Waals surface area contributed by atoms with E-state index in [-0.39, 0.29) is 5.92 Å². The number of hydrogen-bond acceptors (Lipinski definition) is 1. The summed E-state index contributed by atoms with van der Waals surface area (Å²) in [6, 6.07) is 110. The molecule has 77 heavy (non-hydrogen) atoms. The number of benzene rings is 13. The van der Waals surface area contributed by atoms with Gasteiger partial charge in [0.05, 0.1) is 22.4 Å². The SMILES string of the molecule is c1ccc(-c2ccc(C3c4ccccc4-c4c3c(-c3ccc(-c5ccccc5N(c5ccc6ccccc6c5)c5ccccc5-c5ccc6ccccc6c5)cc3)cc3c5ccccc5n(-c5ccccc5)c43)cc2)cc1. The van der Waals surface area contributed by atoms with Crippen LogP contribution in [0.1, 0.15) is 22.6 Å². The van der Waals surface area contributed by atoms with E-state index in [1.165, 1.54) is 105 Å². The Morgan fingerprint density at radius 3 is 1.53 bits per heavy atom. The molecule has 1 heterocycles. The predicted molar refractivity (Wildman–Crippen MR) is 325 cm³/mol. The second-order valence-corrected chi connectivity index (χ2v) is 20.3. The minimum Gasteiger partial charge on any atom is -0.309 e. The van der Waals surface area contributed by atoms with Crippen molar-refractivity contribution in [3.63, 3.8) is 0 Å². The molecular weight excluding hydrogens is 929 g/mol. The summed E-state index contributed by atoms with van der Waals surface area (Å²) >= 11 is 0. The average Bonchev–Trinajstić information content (AvgIpc) is 4.05. The number of rotatable bonds is 9. The molecule has 1 aromatic heterocycles. The van der Waals surface area contributed by atoms with Crippen molar-refractivity contribution in [2.45, 2.75) is 5.92 Å². The molecule has 1 unspecified atom stereocenters. The molecule has 0 aliphatic heterocycles. The largest absolute Gasteiger partial charge is 0.309 e. The molecule has 0 amide bonds. The lowest BCUT2D eigenvalue weighted by atomic mass is 9.83. The first-order chi connectivity index (χ1) is 38.2. The summed E-state index contributed by atoms with van der Waals surface area (Å²) in [4.78, 5) is 2.47. The third-order valence-corrected chi connectivity index (χ3v) is 16.0. The summed E-state index contributed by atoms with van der Waals surface area (Å²) in [5.41, 5.74) is 23.0. The molecule has 15 rings (SSSR count). The Balaban J connectivity index is 0.928. The van der Waals surface area contributed by atoms with E-state index >= 15 is 0 Å². The van der Waals surface area contributed by atoms with Crippen LogP contribution in [0.3, 0.4) is 0 Å². The van der Waals surface area contributed by atoms with Crippen LogP contribution < -0.4 is 4.90 Å². The molecule has 13 aromatic carbocycles. The second kappa shape index (κ2) is 18.4. The first-order valence-electron chi connectivity index (χ1n) is 26.7.